The largest absolute Gasteiger partial charge is 0.497 e. The fraction of sp³-hybridized carbons (Fsp3) is 0.458. The number of esters is 1. The van der Waals surface area contributed by atoms with Crippen LogP contribution in [-0.2, 0) is 4.79 Å². The van der Waals surface area contributed by atoms with E-state index < -0.39 is 0 Å². The van der Waals surface area contributed by atoms with Crippen molar-refractivity contribution in [1.29, 1.82) is 0 Å². The molecule has 146 valence electrons. The van der Waals surface area contributed by atoms with E-state index in [0.29, 0.717) is 23.0 Å². The lowest BCUT2D eigenvalue weighted by Gasteiger charge is -2.27. The highest BCUT2D eigenvalue weighted by atomic mass is 16.5. The van der Waals surface area contributed by atoms with E-state index in [-0.39, 0.29) is 5.97 Å². The van der Waals surface area contributed by atoms with E-state index in [1.54, 1.807) is 7.11 Å². The highest BCUT2D eigenvalue weighted by molar-refractivity contribution is 5.69. The van der Waals surface area contributed by atoms with Gasteiger partial charge in [0.1, 0.15) is 11.5 Å². The van der Waals surface area contributed by atoms with E-state index in [1.807, 2.05) is 24.3 Å². The maximum atomic E-state index is 11.2. The molecule has 27 heavy (non-hydrogen) atoms. The van der Waals surface area contributed by atoms with Crippen molar-refractivity contribution < 1.29 is 14.3 Å². The van der Waals surface area contributed by atoms with Crippen LogP contribution in [0.1, 0.15) is 64.5 Å². The van der Waals surface area contributed by atoms with Crippen LogP contribution in [0.15, 0.2) is 48.5 Å². The number of hydrogen-bond acceptors (Lipinski definition) is 3. The van der Waals surface area contributed by atoms with Crippen molar-refractivity contribution in [2.45, 2.75) is 53.4 Å². The van der Waals surface area contributed by atoms with Crippen LogP contribution in [0.25, 0.3) is 0 Å². The molecule has 0 heterocycles. The Morgan fingerprint density at radius 2 is 1.41 bits per heavy atom. The molecule has 0 saturated heterocycles. The van der Waals surface area contributed by atoms with Crippen molar-refractivity contribution in [2.24, 2.45) is 11.3 Å². The second kappa shape index (κ2) is 9.07. The molecular weight excluding hydrogens is 336 g/mol. The number of ether oxygens (including phenoxy) is 2. The molecule has 0 aliphatic rings. The van der Waals surface area contributed by atoms with Crippen molar-refractivity contribution in [3.05, 3.63) is 59.7 Å². The van der Waals surface area contributed by atoms with Crippen molar-refractivity contribution in [2.75, 3.05) is 7.11 Å². The van der Waals surface area contributed by atoms with E-state index >= 15 is 0 Å². The first-order valence-corrected chi connectivity index (χ1v) is 9.60. The summed E-state index contributed by atoms with van der Waals surface area (Å²) in [6.45, 7) is 10.6. The molecule has 0 amide bonds. The third-order valence-electron chi connectivity index (χ3n) is 4.66. The first-order chi connectivity index (χ1) is 12.7. The van der Waals surface area contributed by atoms with E-state index in [4.69, 9.17) is 9.47 Å². The summed E-state index contributed by atoms with van der Waals surface area (Å²) in [4.78, 5) is 11.2. The van der Waals surface area contributed by atoms with Gasteiger partial charge in [0.25, 0.3) is 0 Å². The van der Waals surface area contributed by atoms with E-state index in [9.17, 15) is 4.79 Å². The van der Waals surface area contributed by atoms with Gasteiger partial charge in [-0.3, -0.25) is 4.79 Å². The van der Waals surface area contributed by atoms with Crippen molar-refractivity contribution in [3.63, 3.8) is 0 Å². The summed E-state index contributed by atoms with van der Waals surface area (Å²) in [5, 5.41) is 0. The van der Waals surface area contributed by atoms with Crippen LogP contribution < -0.4 is 9.47 Å². The second-order valence-electron chi connectivity index (χ2n) is 8.59. The zero-order valence-corrected chi connectivity index (χ0v) is 17.4. The Kier molecular flexibility index (Phi) is 7.06. The standard InChI is InChI=1S/C24H32O3/c1-17(16-24(3,4)5)15-23(19-7-11-21(26-6)12-8-19)20-9-13-22(14-10-20)27-18(2)25/h7-14,17,23H,15-16H2,1-6H3. The van der Waals surface area contributed by atoms with E-state index in [1.165, 1.54) is 24.5 Å². The molecule has 2 unspecified atom stereocenters. The predicted molar refractivity (Wildman–Crippen MR) is 110 cm³/mol. The fourth-order valence-corrected chi connectivity index (χ4v) is 3.77. The van der Waals surface area contributed by atoms with Gasteiger partial charge in [0, 0.05) is 12.8 Å². The fourth-order valence-electron chi connectivity index (χ4n) is 3.77. The van der Waals surface area contributed by atoms with Crippen LogP contribution in [0.2, 0.25) is 0 Å². The molecule has 3 heteroatoms. The molecule has 2 aromatic rings. The average molecular weight is 369 g/mol. The minimum absolute atomic E-state index is 0.291. The number of hydrogen-bond donors (Lipinski definition) is 0. The zero-order chi connectivity index (χ0) is 20.0. The molecule has 2 atom stereocenters. The van der Waals surface area contributed by atoms with Crippen LogP contribution in [0, 0.1) is 11.3 Å². The Bertz CT molecular complexity index is 724. The van der Waals surface area contributed by atoms with Crippen molar-refractivity contribution in [1.82, 2.24) is 0 Å². The summed E-state index contributed by atoms with van der Waals surface area (Å²) >= 11 is 0. The first kappa shape index (κ1) is 21.0. The van der Waals surface area contributed by atoms with E-state index in [2.05, 4.69) is 52.0 Å². The lowest BCUT2D eigenvalue weighted by atomic mass is 9.78. The summed E-state index contributed by atoms with van der Waals surface area (Å²) in [6, 6.07) is 16.2. The monoisotopic (exact) mass is 368 g/mol. The van der Waals surface area contributed by atoms with Crippen molar-refractivity contribution in [3.8, 4) is 11.5 Å². The van der Waals surface area contributed by atoms with Gasteiger partial charge in [-0.1, -0.05) is 52.0 Å². The summed E-state index contributed by atoms with van der Waals surface area (Å²) in [7, 11) is 1.69. The van der Waals surface area contributed by atoms with Gasteiger partial charge >= 0.3 is 5.97 Å². The zero-order valence-electron chi connectivity index (χ0n) is 17.4. The highest BCUT2D eigenvalue weighted by Gasteiger charge is 2.22. The van der Waals surface area contributed by atoms with Crippen LogP contribution in [0.4, 0.5) is 0 Å². The lowest BCUT2D eigenvalue weighted by Crippen LogP contribution is -2.14. The number of benzene rings is 2. The Balaban J connectivity index is 2.29. The quantitative estimate of drug-likeness (QED) is 0.430. The lowest BCUT2D eigenvalue weighted by molar-refractivity contribution is -0.131. The molecule has 0 aliphatic carbocycles. The first-order valence-electron chi connectivity index (χ1n) is 9.60. The van der Waals surface area contributed by atoms with Gasteiger partial charge in [0.15, 0.2) is 0 Å². The topological polar surface area (TPSA) is 35.5 Å². The van der Waals surface area contributed by atoms with Crippen LogP contribution in [0.3, 0.4) is 0 Å². The van der Waals surface area contributed by atoms with Gasteiger partial charge in [-0.15, -0.1) is 0 Å². The minimum Gasteiger partial charge on any atom is -0.497 e. The Morgan fingerprint density at radius 3 is 1.81 bits per heavy atom. The van der Waals surface area contributed by atoms with E-state index in [0.717, 1.165) is 12.2 Å². The minimum atomic E-state index is -0.298. The highest BCUT2D eigenvalue weighted by Crippen LogP contribution is 2.36. The van der Waals surface area contributed by atoms with Gasteiger partial charge in [-0.05, 0) is 59.6 Å². The Morgan fingerprint density at radius 1 is 0.926 bits per heavy atom. The molecular formula is C24H32O3. The van der Waals surface area contributed by atoms with Crippen molar-refractivity contribution >= 4 is 5.97 Å². The molecule has 0 aliphatic heterocycles. The van der Waals surface area contributed by atoms with Crippen LogP contribution in [-0.4, -0.2) is 13.1 Å². The van der Waals surface area contributed by atoms with Gasteiger partial charge in [-0.25, -0.2) is 0 Å². The molecule has 0 radical (unpaired) electrons. The molecule has 3 nitrogen and oxygen atoms in total. The molecule has 0 spiro atoms. The van der Waals surface area contributed by atoms with Crippen LogP contribution in [0.5, 0.6) is 11.5 Å². The Labute approximate surface area is 163 Å². The maximum absolute atomic E-state index is 11.2. The number of rotatable bonds is 7. The van der Waals surface area contributed by atoms with Gasteiger partial charge < -0.3 is 9.47 Å². The number of carbonyl (C=O) groups is 1. The maximum Gasteiger partial charge on any atom is 0.308 e. The number of carbonyl (C=O) groups excluding carboxylic acids is 1. The summed E-state index contributed by atoms with van der Waals surface area (Å²) in [6.07, 6.45) is 2.24. The van der Waals surface area contributed by atoms with Crippen LogP contribution >= 0.6 is 0 Å². The summed E-state index contributed by atoms with van der Waals surface area (Å²) in [5.41, 5.74) is 2.82. The number of methoxy groups -OCH3 is 1. The smallest absolute Gasteiger partial charge is 0.308 e. The van der Waals surface area contributed by atoms with Gasteiger partial charge in [0.05, 0.1) is 7.11 Å². The average Bonchev–Trinajstić information content (AvgIpc) is 2.59. The van der Waals surface area contributed by atoms with Gasteiger partial charge in [0.2, 0.25) is 0 Å². The second-order valence-corrected chi connectivity index (χ2v) is 8.59. The molecule has 0 saturated carbocycles. The molecule has 0 bridgehead atoms. The predicted octanol–water partition coefficient (Wildman–Crippen LogP) is 6.21. The third kappa shape index (κ3) is 6.74. The molecule has 0 fully saturated rings. The third-order valence-corrected chi connectivity index (χ3v) is 4.66. The summed E-state index contributed by atoms with van der Waals surface area (Å²) in [5.74, 6) is 2.03. The SMILES string of the molecule is COc1ccc(C(CC(C)CC(C)(C)C)c2ccc(OC(C)=O)cc2)cc1. The molecule has 0 N–H and O–H groups in total. The normalized spacial score (nSPS) is 13.7. The summed E-state index contributed by atoms with van der Waals surface area (Å²) < 4.78 is 10.5. The Hall–Kier alpha value is -2.29. The molecule has 0 aromatic heterocycles. The molecule has 2 rings (SSSR count). The molecule has 2 aromatic carbocycles. The van der Waals surface area contributed by atoms with Gasteiger partial charge in [-0.2, -0.15) is 0 Å².